The Morgan fingerprint density at radius 1 is 1.36 bits per heavy atom. The van der Waals surface area contributed by atoms with Gasteiger partial charge in [-0.2, -0.15) is 5.21 Å². The summed E-state index contributed by atoms with van der Waals surface area (Å²) >= 11 is 0. The average molecular weight is 195 g/mol. The predicted molar refractivity (Wildman–Crippen MR) is 48.5 cm³/mol. The minimum Gasteiger partial charge on any atom is -0.346 e. The van der Waals surface area contributed by atoms with E-state index in [2.05, 4.69) is 25.9 Å². The van der Waals surface area contributed by atoms with Crippen molar-refractivity contribution >= 4 is 5.91 Å². The fourth-order valence-electron chi connectivity index (χ4n) is 1.75. The SMILES string of the molecule is O=C(NC1CCCCC1)c1nn[nH]n1. The van der Waals surface area contributed by atoms with E-state index in [4.69, 9.17) is 0 Å². The molecule has 0 radical (unpaired) electrons. The quantitative estimate of drug-likeness (QED) is 0.709. The van der Waals surface area contributed by atoms with Crippen molar-refractivity contribution in [2.75, 3.05) is 0 Å². The molecular formula is C8H13N5O. The molecule has 1 aliphatic carbocycles. The summed E-state index contributed by atoms with van der Waals surface area (Å²) in [4.78, 5) is 11.5. The number of amides is 1. The Labute approximate surface area is 81.5 Å². The van der Waals surface area contributed by atoms with Crippen LogP contribution in [-0.4, -0.2) is 32.6 Å². The molecule has 76 valence electrons. The van der Waals surface area contributed by atoms with E-state index in [1.807, 2.05) is 0 Å². The lowest BCUT2D eigenvalue weighted by Gasteiger charge is -2.21. The molecule has 2 rings (SSSR count). The summed E-state index contributed by atoms with van der Waals surface area (Å²) in [7, 11) is 0. The van der Waals surface area contributed by atoms with Gasteiger partial charge in [-0.15, -0.1) is 10.2 Å². The summed E-state index contributed by atoms with van der Waals surface area (Å²) in [5.74, 6) is -0.110. The Hall–Kier alpha value is -1.46. The summed E-state index contributed by atoms with van der Waals surface area (Å²) in [6.07, 6.45) is 5.77. The summed E-state index contributed by atoms with van der Waals surface area (Å²) in [6, 6.07) is 0.287. The van der Waals surface area contributed by atoms with E-state index in [-0.39, 0.29) is 17.8 Å². The van der Waals surface area contributed by atoms with Gasteiger partial charge in [-0.25, -0.2) is 0 Å². The molecule has 1 aliphatic rings. The van der Waals surface area contributed by atoms with Gasteiger partial charge in [0, 0.05) is 6.04 Å². The van der Waals surface area contributed by atoms with Crippen LogP contribution in [-0.2, 0) is 0 Å². The molecule has 0 aliphatic heterocycles. The van der Waals surface area contributed by atoms with Crippen molar-refractivity contribution in [3.63, 3.8) is 0 Å². The van der Waals surface area contributed by atoms with Gasteiger partial charge in [-0.3, -0.25) is 4.79 Å². The first kappa shape index (κ1) is 9.11. The minimum absolute atomic E-state index is 0.121. The first-order chi connectivity index (χ1) is 6.86. The Balaban J connectivity index is 1.87. The van der Waals surface area contributed by atoms with Crippen LogP contribution in [0.2, 0.25) is 0 Å². The first-order valence-electron chi connectivity index (χ1n) is 4.90. The zero-order chi connectivity index (χ0) is 9.80. The molecule has 0 spiro atoms. The molecule has 1 amide bonds. The number of hydrogen-bond donors (Lipinski definition) is 2. The van der Waals surface area contributed by atoms with Crippen LogP contribution in [0.25, 0.3) is 0 Å². The first-order valence-corrected chi connectivity index (χ1v) is 4.90. The van der Waals surface area contributed by atoms with Crippen molar-refractivity contribution in [3.05, 3.63) is 5.82 Å². The van der Waals surface area contributed by atoms with E-state index in [0.717, 1.165) is 12.8 Å². The molecule has 14 heavy (non-hydrogen) atoms. The number of rotatable bonds is 2. The Bertz CT molecular complexity index is 291. The minimum atomic E-state index is -0.231. The maximum absolute atomic E-state index is 11.5. The van der Waals surface area contributed by atoms with Gasteiger partial charge in [0.15, 0.2) is 0 Å². The van der Waals surface area contributed by atoms with Gasteiger partial charge in [0.1, 0.15) is 0 Å². The largest absolute Gasteiger partial charge is 0.346 e. The van der Waals surface area contributed by atoms with Crippen LogP contribution in [0.15, 0.2) is 0 Å². The molecule has 0 bridgehead atoms. The summed E-state index contributed by atoms with van der Waals surface area (Å²) < 4.78 is 0. The second kappa shape index (κ2) is 4.17. The Morgan fingerprint density at radius 3 is 2.79 bits per heavy atom. The second-order valence-electron chi connectivity index (χ2n) is 3.54. The molecule has 1 aromatic heterocycles. The number of aromatic amines is 1. The van der Waals surface area contributed by atoms with Crippen molar-refractivity contribution in [1.29, 1.82) is 0 Å². The zero-order valence-corrected chi connectivity index (χ0v) is 7.86. The molecule has 0 atom stereocenters. The maximum atomic E-state index is 11.5. The lowest BCUT2D eigenvalue weighted by atomic mass is 9.95. The topological polar surface area (TPSA) is 83.6 Å². The lowest BCUT2D eigenvalue weighted by molar-refractivity contribution is 0.0917. The van der Waals surface area contributed by atoms with Crippen LogP contribution >= 0.6 is 0 Å². The number of carbonyl (C=O) groups is 1. The van der Waals surface area contributed by atoms with E-state index < -0.39 is 0 Å². The van der Waals surface area contributed by atoms with Gasteiger partial charge in [0.25, 0.3) is 11.7 Å². The molecule has 1 heterocycles. The number of carbonyl (C=O) groups excluding carboxylic acids is 1. The van der Waals surface area contributed by atoms with Crippen molar-refractivity contribution in [1.82, 2.24) is 25.9 Å². The van der Waals surface area contributed by atoms with Gasteiger partial charge in [-0.05, 0) is 18.1 Å². The number of H-pyrrole nitrogens is 1. The average Bonchev–Trinajstić information content (AvgIpc) is 2.72. The third kappa shape index (κ3) is 2.07. The highest BCUT2D eigenvalue weighted by Gasteiger charge is 2.18. The molecule has 1 fully saturated rings. The van der Waals surface area contributed by atoms with E-state index in [9.17, 15) is 4.79 Å². The fourth-order valence-corrected chi connectivity index (χ4v) is 1.75. The van der Waals surface area contributed by atoms with Crippen molar-refractivity contribution in [3.8, 4) is 0 Å². The van der Waals surface area contributed by atoms with Crippen molar-refractivity contribution in [2.24, 2.45) is 0 Å². The normalized spacial score (nSPS) is 18.0. The summed E-state index contributed by atoms with van der Waals surface area (Å²) in [5.41, 5.74) is 0. The van der Waals surface area contributed by atoms with Crippen molar-refractivity contribution in [2.45, 2.75) is 38.1 Å². The molecule has 1 saturated carbocycles. The summed E-state index contributed by atoms with van der Waals surface area (Å²) in [5, 5.41) is 15.7. The lowest BCUT2D eigenvalue weighted by Crippen LogP contribution is -2.36. The molecule has 6 heteroatoms. The molecule has 0 unspecified atom stereocenters. The van der Waals surface area contributed by atoms with Crippen LogP contribution in [0.5, 0.6) is 0 Å². The molecular weight excluding hydrogens is 182 g/mol. The van der Waals surface area contributed by atoms with Gasteiger partial charge in [-0.1, -0.05) is 19.3 Å². The van der Waals surface area contributed by atoms with E-state index >= 15 is 0 Å². The zero-order valence-electron chi connectivity index (χ0n) is 7.86. The molecule has 6 nitrogen and oxygen atoms in total. The van der Waals surface area contributed by atoms with Crippen LogP contribution in [0.1, 0.15) is 42.7 Å². The van der Waals surface area contributed by atoms with Crippen LogP contribution in [0.4, 0.5) is 0 Å². The Morgan fingerprint density at radius 2 is 2.14 bits per heavy atom. The molecule has 0 saturated heterocycles. The second-order valence-corrected chi connectivity index (χ2v) is 3.54. The number of tetrazole rings is 1. The van der Waals surface area contributed by atoms with Gasteiger partial charge in [0.05, 0.1) is 0 Å². The monoisotopic (exact) mass is 195 g/mol. The van der Waals surface area contributed by atoms with E-state index in [1.165, 1.54) is 19.3 Å². The highest BCUT2D eigenvalue weighted by Crippen LogP contribution is 2.17. The van der Waals surface area contributed by atoms with Crippen molar-refractivity contribution < 1.29 is 4.79 Å². The Kier molecular flexibility index (Phi) is 2.71. The highest BCUT2D eigenvalue weighted by atomic mass is 16.2. The molecule has 1 aromatic rings. The predicted octanol–water partition coefficient (Wildman–Crippen LogP) is 0.262. The van der Waals surface area contributed by atoms with Gasteiger partial charge < -0.3 is 5.32 Å². The highest BCUT2D eigenvalue weighted by molar-refractivity contribution is 5.90. The van der Waals surface area contributed by atoms with Crippen LogP contribution < -0.4 is 5.32 Å². The van der Waals surface area contributed by atoms with E-state index in [1.54, 1.807) is 0 Å². The van der Waals surface area contributed by atoms with Crippen LogP contribution in [0, 0.1) is 0 Å². The molecule has 2 N–H and O–H groups in total. The van der Waals surface area contributed by atoms with E-state index in [0.29, 0.717) is 0 Å². The van der Waals surface area contributed by atoms with Crippen LogP contribution in [0.3, 0.4) is 0 Å². The van der Waals surface area contributed by atoms with Gasteiger partial charge in [0.2, 0.25) is 0 Å². The third-order valence-corrected chi connectivity index (χ3v) is 2.49. The van der Waals surface area contributed by atoms with Gasteiger partial charge >= 0.3 is 0 Å². The third-order valence-electron chi connectivity index (χ3n) is 2.49. The molecule has 0 aromatic carbocycles. The number of nitrogens with one attached hydrogen (secondary N) is 2. The number of aromatic nitrogens is 4. The maximum Gasteiger partial charge on any atom is 0.293 e. The number of hydrogen-bond acceptors (Lipinski definition) is 4. The fraction of sp³-hybridized carbons (Fsp3) is 0.750. The standard InChI is InChI=1S/C8H13N5O/c14-8(7-10-12-13-11-7)9-6-4-2-1-3-5-6/h6H,1-5H2,(H,9,14)(H,10,11,12,13). The smallest absolute Gasteiger partial charge is 0.293 e. The summed E-state index contributed by atoms with van der Waals surface area (Å²) in [6.45, 7) is 0. The number of nitrogens with zero attached hydrogens (tertiary/aromatic N) is 3.